The molecule has 1 aliphatic rings. The van der Waals surface area contributed by atoms with Gasteiger partial charge in [-0.15, -0.1) is 0 Å². The van der Waals surface area contributed by atoms with Crippen LogP contribution >= 0.6 is 0 Å². The van der Waals surface area contributed by atoms with Crippen molar-refractivity contribution >= 4 is 10.8 Å². The summed E-state index contributed by atoms with van der Waals surface area (Å²) < 4.78 is 21.0. The molecule has 1 unspecified atom stereocenters. The molecule has 0 aliphatic carbocycles. The van der Waals surface area contributed by atoms with E-state index in [9.17, 15) is 4.21 Å². The van der Waals surface area contributed by atoms with Crippen LogP contribution in [0.4, 0.5) is 0 Å². The zero-order chi connectivity index (χ0) is 7.40. The van der Waals surface area contributed by atoms with Gasteiger partial charge in [0.05, 0.1) is 19.0 Å². The van der Waals surface area contributed by atoms with Crippen LogP contribution in [0.3, 0.4) is 0 Å². The molecule has 1 aliphatic heterocycles. The Morgan fingerprint density at radius 3 is 2.60 bits per heavy atom. The van der Waals surface area contributed by atoms with E-state index in [1.807, 2.05) is 0 Å². The molecular weight excluding hydrogens is 152 g/mol. The third kappa shape index (κ3) is 2.77. The maximum atomic E-state index is 10.7. The van der Waals surface area contributed by atoms with Crippen molar-refractivity contribution in [3.63, 3.8) is 0 Å². The van der Waals surface area contributed by atoms with Gasteiger partial charge in [-0.2, -0.15) is 0 Å². The van der Waals surface area contributed by atoms with E-state index in [0.717, 1.165) is 19.6 Å². The summed E-state index contributed by atoms with van der Waals surface area (Å²) in [6.07, 6.45) is 2.38. The molecule has 0 aromatic rings. The Labute approximate surface area is 63.2 Å². The van der Waals surface area contributed by atoms with E-state index < -0.39 is 10.8 Å². The molecule has 0 bridgehead atoms. The summed E-state index contributed by atoms with van der Waals surface area (Å²) in [7, 11) is -0.813. The maximum absolute atomic E-state index is 10.7. The van der Waals surface area contributed by atoms with Gasteiger partial charge < -0.3 is 9.47 Å². The largest absolute Gasteiger partial charge is 0.352 e. The standard InChI is InChI=1S/C6H12O3S/c1-10(7)5-6-8-3-2-4-9-6/h6H,2-5H2,1H3. The van der Waals surface area contributed by atoms with Gasteiger partial charge in [-0.25, -0.2) is 0 Å². The minimum Gasteiger partial charge on any atom is -0.352 e. The Bertz CT molecular complexity index is 120. The van der Waals surface area contributed by atoms with Gasteiger partial charge in [0.2, 0.25) is 0 Å². The lowest BCUT2D eigenvalue weighted by molar-refractivity contribution is -0.164. The lowest BCUT2D eigenvalue weighted by atomic mass is 10.4. The number of hydrogen-bond donors (Lipinski definition) is 0. The zero-order valence-corrected chi connectivity index (χ0v) is 6.86. The monoisotopic (exact) mass is 164 g/mol. The van der Waals surface area contributed by atoms with Crippen molar-refractivity contribution in [2.45, 2.75) is 12.7 Å². The van der Waals surface area contributed by atoms with Crippen LogP contribution in [-0.2, 0) is 20.3 Å². The van der Waals surface area contributed by atoms with E-state index in [0.29, 0.717) is 5.75 Å². The van der Waals surface area contributed by atoms with Crippen molar-refractivity contribution in [3.05, 3.63) is 0 Å². The van der Waals surface area contributed by atoms with Crippen LogP contribution in [0.2, 0.25) is 0 Å². The first-order chi connectivity index (χ1) is 4.79. The molecule has 60 valence electrons. The first-order valence-corrected chi connectivity index (χ1v) is 5.05. The van der Waals surface area contributed by atoms with E-state index in [-0.39, 0.29) is 6.29 Å². The zero-order valence-electron chi connectivity index (χ0n) is 6.04. The summed E-state index contributed by atoms with van der Waals surface area (Å²) in [5.74, 6) is 0.500. The first kappa shape index (κ1) is 8.17. The summed E-state index contributed by atoms with van der Waals surface area (Å²) in [6.45, 7) is 1.48. The van der Waals surface area contributed by atoms with Crippen molar-refractivity contribution in [2.24, 2.45) is 0 Å². The molecular formula is C6H12O3S. The van der Waals surface area contributed by atoms with Gasteiger partial charge in [0, 0.05) is 17.1 Å². The molecule has 0 radical (unpaired) electrons. The molecule has 0 spiro atoms. The van der Waals surface area contributed by atoms with Crippen LogP contribution in [0.25, 0.3) is 0 Å². The topological polar surface area (TPSA) is 35.5 Å². The minimum atomic E-state index is -0.813. The number of hydrogen-bond acceptors (Lipinski definition) is 3. The van der Waals surface area contributed by atoms with Crippen molar-refractivity contribution in [2.75, 3.05) is 25.2 Å². The molecule has 0 aromatic carbocycles. The normalized spacial score (nSPS) is 24.5. The SMILES string of the molecule is CS(=O)CC1OCCCO1. The molecule has 10 heavy (non-hydrogen) atoms. The van der Waals surface area contributed by atoms with Crippen LogP contribution in [0.1, 0.15) is 6.42 Å². The Morgan fingerprint density at radius 2 is 2.10 bits per heavy atom. The molecule has 0 aromatic heterocycles. The van der Waals surface area contributed by atoms with Crippen molar-refractivity contribution < 1.29 is 13.7 Å². The molecule has 1 fully saturated rings. The quantitative estimate of drug-likeness (QED) is 0.582. The predicted octanol–water partition coefficient (Wildman–Crippen LogP) is 0.128. The molecule has 1 saturated heterocycles. The van der Waals surface area contributed by atoms with Crippen molar-refractivity contribution in [1.29, 1.82) is 0 Å². The molecule has 0 saturated carbocycles. The van der Waals surface area contributed by atoms with E-state index in [2.05, 4.69) is 0 Å². The highest BCUT2D eigenvalue weighted by molar-refractivity contribution is 7.84. The summed E-state index contributed by atoms with van der Waals surface area (Å²) in [5, 5.41) is 0. The Kier molecular flexibility index (Phi) is 3.31. The van der Waals surface area contributed by atoms with Gasteiger partial charge in [0.15, 0.2) is 6.29 Å². The fourth-order valence-corrected chi connectivity index (χ4v) is 1.40. The second-order valence-electron chi connectivity index (χ2n) is 2.26. The molecule has 1 rings (SSSR count). The molecule has 4 heteroatoms. The predicted molar refractivity (Wildman–Crippen MR) is 39.2 cm³/mol. The van der Waals surface area contributed by atoms with Crippen LogP contribution in [0.5, 0.6) is 0 Å². The molecule has 1 heterocycles. The molecule has 0 N–H and O–H groups in total. The Morgan fingerprint density at radius 1 is 1.50 bits per heavy atom. The van der Waals surface area contributed by atoms with Gasteiger partial charge in [-0.1, -0.05) is 0 Å². The van der Waals surface area contributed by atoms with Gasteiger partial charge in [0.1, 0.15) is 0 Å². The average Bonchev–Trinajstić information content (AvgIpc) is 1.88. The highest BCUT2D eigenvalue weighted by Crippen LogP contribution is 2.04. The third-order valence-corrected chi connectivity index (χ3v) is 2.01. The molecule has 0 amide bonds. The van der Waals surface area contributed by atoms with Crippen LogP contribution in [0.15, 0.2) is 0 Å². The summed E-state index contributed by atoms with van der Waals surface area (Å²) >= 11 is 0. The lowest BCUT2D eigenvalue weighted by Crippen LogP contribution is -2.29. The second-order valence-corrected chi connectivity index (χ2v) is 3.74. The lowest BCUT2D eigenvalue weighted by Gasteiger charge is -2.21. The van der Waals surface area contributed by atoms with Crippen LogP contribution < -0.4 is 0 Å². The highest BCUT2D eigenvalue weighted by Gasteiger charge is 2.14. The summed E-state index contributed by atoms with van der Waals surface area (Å²) in [5.41, 5.74) is 0. The first-order valence-electron chi connectivity index (χ1n) is 3.32. The van der Waals surface area contributed by atoms with Crippen LogP contribution in [0, 0.1) is 0 Å². The summed E-state index contributed by atoms with van der Waals surface area (Å²) in [6, 6.07) is 0. The third-order valence-electron chi connectivity index (χ3n) is 1.27. The van der Waals surface area contributed by atoms with Crippen LogP contribution in [-0.4, -0.2) is 35.7 Å². The van der Waals surface area contributed by atoms with E-state index in [4.69, 9.17) is 9.47 Å². The fraction of sp³-hybridized carbons (Fsp3) is 1.00. The van der Waals surface area contributed by atoms with E-state index >= 15 is 0 Å². The van der Waals surface area contributed by atoms with Gasteiger partial charge in [0.25, 0.3) is 0 Å². The average molecular weight is 164 g/mol. The second kappa shape index (κ2) is 4.05. The van der Waals surface area contributed by atoms with E-state index in [1.54, 1.807) is 6.26 Å². The highest BCUT2D eigenvalue weighted by atomic mass is 32.2. The summed E-state index contributed by atoms with van der Waals surface area (Å²) in [4.78, 5) is 0. The van der Waals surface area contributed by atoms with Gasteiger partial charge >= 0.3 is 0 Å². The fourth-order valence-electron chi connectivity index (χ4n) is 0.824. The van der Waals surface area contributed by atoms with Gasteiger partial charge in [-0.3, -0.25) is 4.21 Å². The van der Waals surface area contributed by atoms with Gasteiger partial charge in [-0.05, 0) is 6.42 Å². The molecule has 1 atom stereocenters. The molecule has 3 nitrogen and oxygen atoms in total. The van der Waals surface area contributed by atoms with Crippen molar-refractivity contribution in [1.82, 2.24) is 0 Å². The van der Waals surface area contributed by atoms with E-state index in [1.165, 1.54) is 0 Å². The Hall–Kier alpha value is 0.0700. The smallest absolute Gasteiger partial charge is 0.168 e. The number of rotatable bonds is 2. The minimum absolute atomic E-state index is 0.223. The Balaban J connectivity index is 2.19. The maximum Gasteiger partial charge on any atom is 0.168 e. The number of ether oxygens (including phenoxy) is 2. The van der Waals surface area contributed by atoms with Crippen molar-refractivity contribution in [3.8, 4) is 0 Å².